The van der Waals surface area contributed by atoms with Crippen molar-refractivity contribution in [1.82, 2.24) is 0 Å². The van der Waals surface area contributed by atoms with Crippen LogP contribution >= 0.6 is 0 Å². The fraction of sp³-hybridized carbons (Fsp3) is 0.286. The zero-order chi connectivity index (χ0) is 15.1. The number of ether oxygens (including phenoxy) is 1. The maximum absolute atomic E-state index is 11.0. The van der Waals surface area contributed by atoms with E-state index in [9.17, 15) is 9.59 Å². The molecular formula is C14H16O6. The van der Waals surface area contributed by atoms with Gasteiger partial charge in [-0.25, -0.2) is 9.59 Å². The quantitative estimate of drug-likeness (QED) is 0.869. The summed E-state index contributed by atoms with van der Waals surface area (Å²) in [4.78, 5) is 21.3. The molecule has 0 fully saturated rings. The van der Waals surface area contributed by atoms with Crippen molar-refractivity contribution in [2.45, 2.75) is 20.8 Å². The van der Waals surface area contributed by atoms with Gasteiger partial charge >= 0.3 is 11.9 Å². The number of carbonyl (C=O) groups excluding carboxylic acids is 1. The first kappa shape index (κ1) is 15.6. The van der Waals surface area contributed by atoms with Crippen LogP contribution in [-0.2, 0) is 4.74 Å². The van der Waals surface area contributed by atoms with E-state index in [2.05, 4.69) is 0 Å². The van der Waals surface area contributed by atoms with Crippen LogP contribution in [0.4, 0.5) is 0 Å². The van der Waals surface area contributed by atoms with Crippen molar-refractivity contribution in [3.8, 4) is 0 Å². The maximum Gasteiger partial charge on any atom is 0.341 e. The van der Waals surface area contributed by atoms with E-state index in [1.165, 1.54) is 18.6 Å². The van der Waals surface area contributed by atoms with E-state index in [1.807, 2.05) is 0 Å². The Kier molecular flexibility index (Phi) is 5.58. The summed E-state index contributed by atoms with van der Waals surface area (Å²) in [5, 5.41) is 8.39. The molecule has 0 aromatic carbocycles. The standard InChI is InChI=1S/C8H10O3.C6H6O3/c1-3-10-8(9)7-4-5-11-6(7)2;1-4-5(6(7)8)2-3-9-4/h4-5H,3H2,1-2H3;2-3H,1H3,(H,7,8). The number of carboxylic acid groups (broad SMARTS) is 1. The summed E-state index contributed by atoms with van der Waals surface area (Å²) in [5.74, 6) is -0.217. The topological polar surface area (TPSA) is 89.9 Å². The number of carboxylic acids is 1. The third-order valence-electron chi connectivity index (χ3n) is 2.44. The molecule has 2 rings (SSSR count). The zero-order valence-electron chi connectivity index (χ0n) is 11.5. The fourth-order valence-corrected chi connectivity index (χ4v) is 1.41. The Bertz CT molecular complexity index is 578. The number of aryl methyl sites for hydroxylation is 2. The third kappa shape index (κ3) is 4.01. The van der Waals surface area contributed by atoms with Crippen molar-refractivity contribution in [1.29, 1.82) is 0 Å². The largest absolute Gasteiger partial charge is 0.478 e. The van der Waals surface area contributed by atoms with Crippen LogP contribution in [0.2, 0.25) is 0 Å². The van der Waals surface area contributed by atoms with Crippen LogP contribution < -0.4 is 0 Å². The lowest BCUT2D eigenvalue weighted by Gasteiger charge is -1.97. The van der Waals surface area contributed by atoms with Crippen molar-refractivity contribution in [2.24, 2.45) is 0 Å². The first-order valence-electron chi connectivity index (χ1n) is 5.96. The highest BCUT2D eigenvalue weighted by atomic mass is 16.5. The minimum absolute atomic E-state index is 0.231. The van der Waals surface area contributed by atoms with Gasteiger partial charge < -0.3 is 18.7 Å². The molecule has 0 amide bonds. The van der Waals surface area contributed by atoms with Crippen molar-refractivity contribution in [3.05, 3.63) is 47.3 Å². The van der Waals surface area contributed by atoms with Gasteiger partial charge in [0.25, 0.3) is 0 Å². The number of furan rings is 2. The lowest BCUT2D eigenvalue weighted by Crippen LogP contribution is -2.04. The Balaban J connectivity index is 0.000000204. The SMILES string of the molecule is CCOC(=O)c1ccoc1C.Cc1occc1C(=O)O. The van der Waals surface area contributed by atoms with E-state index in [0.29, 0.717) is 23.7 Å². The maximum atomic E-state index is 11.0. The molecule has 0 spiro atoms. The summed E-state index contributed by atoms with van der Waals surface area (Å²) in [6.07, 6.45) is 2.83. The summed E-state index contributed by atoms with van der Waals surface area (Å²) in [7, 11) is 0. The first-order chi connectivity index (χ1) is 9.47. The van der Waals surface area contributed by atoms with Crippen LogP contribution in [0.15, 0.2) is 33.5 Å². The van der Waals surface area contributed by atoms with Crippen molar-refractivity contribution in [2.75, 3.05) is 6.61 Å². The van der Waals surface area contributed by atoms with Crippen LogP contribution in [-0.4, -0.2) is 23.7 Å². The van der Waals surface area contributed by atoms with Crippen molar-refractivity contribution >= 4 is 11.9 Å². The lowest BCUT2D eigenvalue weighted by atomic mass is 10.3. The predicted octanol–water partition coefficient (Wildman–Crippen LogP) is 3.05. The number of hydrogen-bond donors (Lipinski definition) is 1. The molecule has 0 saturated heterocycles. The minimum Gasteiger partial charge on any atom is -0.478 e. The molecule has 20 heavy (non-hydrogen) atoms. The second kappa shape index (κ2) is 7.18. The highest BCUT2D eigenvalue weighted by Crippen LogP contribution is 2.09. The summed E-state index contributed by atoms with van der Waals surface area (Å²) in [5.41, 5.74) is 0.738. The number of carbonyl (C=O) groups is 2. The molecule has 0 aliphatic heterocycles. The third-order valence-corrected chi connectivity index (χ3v) is 2.44. The Morgan fingerprint density at radius 1 is 1.10 bits per heavy atom. The van der Waals surface area contributed by atoms with Crippen LogP contribution in [0.3, 0.4) is 0 Å². The number of aromatic carboxylic acids is 1. The Labute approximate surface area is 116 Å². The van der Waals surface area contributed by atoms with E-state index in [1.54, 1.807) is 26.8 Å². The molecule has 0 atom stereocenters. The molecular weight excluding hydrogens is 264 g/mol. The fourth-order valence-electron chi connectivity index (χ4n) is 1.41. The summed E-state index contributed by atoms with van der Waals surface area (Å²) in [6, 6.07) is 3.03. The van der Waals surface area contributed by atoms with Crippen molar-refractivity contribution < 1.29 is 28.3 Å². The van der Waals surface area contributed by atoms with E-state index < -0.39 is 5.97 Å². The molecule has 6 nitrogen and oxygen atoms in total. The van der Waals surface area contributed by atoms with E-state index in [4.69, 9.17) is 18.7 Å². The number of esters is 1. The summed E-state index contributed by atoms with van der Waals surface area (Å²) < 4.78 is 14.4. The molecule has 0 unspecified atom stereocenters. The second-order valence-corrected chi connectivity index (χ2v) is 3.81. The van der Waals surface area contributed by atoms with Gasteiger partial charge in [0.2, 0.25) is 0 Å². The van der Waals surface area contributed by atoms with Crippen LogP contribution in [0.1, 0.15) is 39.2 Å². The monoisotopic (exact) mass is 280 g/mol. The zero-order valence-corrected chi connectivity index (χ0v) is 11.5. The Morgan fingerprint density at radius 2 is 1.60 bits per heavy atom. The van der Waals surface area contributed by atoms with Crippen molar-refractivity contribution in [3.63, 3.8) is 0 Å². The predicted molar refractivity (Wildman–Crippen MR) is 69.8 cm³/mol. The van der Waals surface area contributed by atoms with Gasteiger partial charge in [-0.15, -0.1) is 0 Å². The highest BCUT2D eigenvalue weighted by molar-refractivity contribution is 5.90. The lowest BCUT2D eigenvalue weighted by molar-refractivity contribution is 0.0523. The molecule has 0 radical (unpaired) electrons. The smallest absolute Gasteiger partial charge is 0.341 e. The second-order valence-electron chi connectivity index (χ2n) is 3.81. The van der Waals surface area contributed by atoms with Gasteiger partial charge in [0, 0.05) is 0 Å². The van der Waals surface area contributed by atoms with E-state index >= 15 is 0 Å². The van der Waals surface area contributed by atoms with Gasteiger partial charge in [-0.3, -0.25) is 0 Å². The van der Waals surface area contributed by atoms with Gasteiger partial charge in [0.05, 0.1) is 19.1 Å². The Morgan fingerprint density at radius 3 is 1.90 bits per heavy atom. The van der Waals surface area contributed by atoms with Gasteiger partial charge in [-0.2, -0.15) is 0 Å². The molecule has 2 aromatic rings. The van der Waals surface area contributed by atoms with Crippen LogP contribution in [0, 0.1) is 13.8 Å². The first-order valence-corrected chi connectivity index (χ1v) is 5.96. The van der Waals surface area contributed by atoms with Crippen LogP contribution in [0.25, 0.3) is 0 Å². The Hall–Kier alpha value is -2.50. The van der Waals surface area contributed by atoms with E-state index in [0.717, 1.165) is 0 Å². The van der Waals surface area contributed by atoms with Gasteiger partial charge in [0.1, 0.15) is 22.6 Å². The molecule has 6 heteroatoms. The number of rotatable bonds is 3. The summed E-state index contributed by atoms with van der Waals surface area (Å²) in [6.45, 7) is 5.51. The summed E-state index contributed by atoms with van der Waals surface area (Å²) >= 11 is 0. The molecule has 0 aliphatic carbocycles. The average Bonchev–Trinajstić information content (AvgIpc) is 2.98. The molecule has 2 heterocycles. The molecule has 0 saturated carbocycles. The van der Waals surface area contributed by atoms with Crippen LogP contribution in [0.5, 0.6) is 0 Å². The molecule has 2 aromatic heterocycles. The molecule has 108 valence electrons. The van der Waals surface area contributed by atoms with Gasteiger partial charge in [0.15, 0.2) is 0 Å². The normalized spacial score (nSPS) is 9.55. The van der Waals surface area contributed by atoms with E-state index in [-0.39, 0.29) is 11.5 Å². The van der Waals surface area contributed by atoms with Gasteiger partial charge in [-0.1, -0.05) is 0 Å². The molecule has 1 N–H and O–H groups in total. The highest BCUT2D eigenvalue weighted by Gasteiger charge is 2.11. The average molecular weight is 280 g/mol. The molecule has 0 bridgehead atoms. The minimum atomic E-state index is -0.943. The number of hydrogen-bond acceptors (Lipinski definition) is 5. The van der Waals surface area contributed by atoms with Gasteiger partial charge in [-0.05, 0) is 32.9 Å². The molecule has 0 aliphatic rings.